The van der Waals surface area contributed by atoms with Crippen molar-refractivity contribution in [2.45, 2.75) is 72.1 Å². The van der Waals surface area contributed by atoms with Crippen LogP contribution in [-0.2, 0) is 0 Å². The van der Waals surface area contributed by atoms with Crippen LogP contribution in [0.1, 0.15) is 76.5 Å². The highest BCUT2D eigenvalue weighted by atomic mass is 16.3. The Kier molecular flexibility index (Phi) is 8.30. The summed E-state index contributed by atoms with van der Waals surface area (Å²) < 4.78 is 0. The zero-order valence-electron chi connectivity index (χ0n) is 23.1. The second kappa shape index (κ2) is 12.0. The zero-order chi connectivity index (χ0) is 26.5. The first-order valence-corrected chi connectivity index (χ1v) is 14.3. The van der Waals surface area contributed by atoms with Gasteiger partial charge < -0.3 is 9.80 Å². The molecule has 4 heterocycles. The Labute approximate surface area is 226 Å². The predicted octanol–water partition coefficient (Wildman–Crippen LogP) is 6.98. The predicted molar refractivity (Wildman–Crippen MR) is 156 cm³/mol. The monoisotopic (exact) mass is 512 g/mol. The number of aromatic nitrogens is 2. The molecule has 2 fully saturated rings. The highest BCUT2D eigenvalue weighted by Crippen LogP contribution is 2.40. The number of hydrogen-bond donors (Lipinski definition) is 0. The van der Waals surface area contributed by atoms with Gasteiger partial charge in [-0.2, -0.15) is 4.91 Å². The van der Waals surface area contributed by atoms with Crippen molar-refractivity contribution in [1.29, 1.82) is 0 Å². The van der Waals surface area contributed by atoms with Crippen molar-refractivity contribution in [3.8, 4) is 0 Å². The maximum atomic E-state index is 10.6. The number of aliphatic imine (C=N–C) groups is 1. The average molecular weight is 513 g/mol. The molecule has 2 aliphatic heterocycles. The average Bonchev–Trinajstić information content (AvgIpc) is 2.91. The lowest BCUT2D eigenvalue weighted by Crippen LogP contribution is -2.35. The lowest BCUT2D eigenvalue weighted by atomic mass is 9.86. The molecule has 0 bridgehead atoms. The summed E-state index contributed by atoms with van der Waals surface area (Å²) in [5.41, 5.74) is 9.92. The van der Waals surface area contributed by atoms with E-state index in [0.717, 1.165) is 74.5 Å². The number of nitrogens with zero attached hydrogens (tertiary/aromatic N) is 6. The highest BCUT2D eigenvalue weighted by Gasteiger charge is 2.28. The number of nitroso groups, excluding NO2 is 1. The van der Waals surface area contributed by atoms with Gasteiger partial charge in [0.05, 0.1) is 18.4 Å². The molecule has 7 nitrogen and oxygen atoms in total. The van der Waals surface area contributed by atoms with E-state index < -0.39 is 0 Å². The Morgan fingerprint density at radius 3 is 2.53 bits per heavy atom. The van der Waals surface area contributed by atoms with Crippen molar-refractivity contribution in [3.05, 3.63) is 75.4 Å². The normalized spacial score (nSPS) is 19.2. The van der Waals surface area contributed by atoms with E-state index in [1.54, 1.807) is 5.57 Å². The Morgan fingerprint density at radius 2 is 1.89 bits per heavy atom. The lowest BCUT2D eigenvalue weighted by molar-refractivity contribution is 0.413. The minimum absolute atomic E-state index is 0.410. The van der Waals surface area contributed by atoms with Crippen LogP contribution in [0.2, 0.25) is 0 Å². The van der Waals surface area contributed by atoms with Gasteiger partial charge in [-0.3, -0.25) is 9.98 Å². The molecule has 3 aliphatic rings. The number of rotatable bonds is 8. The second-order valence-corrected chi connectivity index (χ2v) is 10.8. The molecular weight excluding hydrogens is 472 g/mol. The Bertz CT molecular complexity index is 1230. The van der Waals surface area contributed by atoms with E-state index in [-0.39, 0.29) is 0 Å². The molecule has 0 aromatic carbocycles. The van der Waals surface area contributed by atoms with Gasteiger partial charge in [-0.1, -0.05) is 18.5 Å². The summed E-state index contributed by atoms with van der Waals surface area (Å²) in [4.78, 5) is 30.2. The van der Waals surface area contributed by atoms with Crippen molar-refractivity contribution in [1.82, 2.24) is 9.97 Å². The quantitative estimate of drug-likeness (QED) is 0.282. The summed E-state index contributed by atoms with van der Waals surface area (Å²) in [5.74, 6) is 1.44. The fourth-order valence-electron chi connectivity index (χ4n) is 5.94. The van der Waals surface area contributed by atoms with Crippen molar-refractivity contribution in [2.75, 3.05) is 36.0 Å². The van der Waals surface area contributed by atoms with E-state index in [9.17, 15) is 4.91 Å². The first kappa shape index (κ1) is 26.3. The third-order valence-corrected chi connectivity index (χ3v) is 8.29. The van der Waals surface area contributed by atoms with Gasteiger partial charge >= 0.3 is 0 Å². The number of piperidine rings is 1. The highest BCUT2D eigenvalue weighted by molar-refractivity contribution is 6.02. The van der Waals surface area contributed by atoms with Crippen LogP contribution in [0.5, 0.6) is 0 Å². The number of anilines is 2. The van der Waals surface area contributed by atoms with Crippen LogP contribution in [0, 0.1) is 17.7 Å². The van der Waals surface area contributed by atoms with Crippen LogP contribution in [0.4, 0.5) is 11.5 Å². The molecule has 0 spiro atoms. The van der Waals surface area contributed by atoms with Crippen molar-refractivity contribution < 1.29 is 0 Å². The largest absolute Gasteiger partial charge is 0.357 e. The van der Waals surface area contributed by atoms with E-state index in [1.165, 1.54) is 41.9 Å². The summed E-state index contributed by atoms with van der Waals surface area (Å²) >= 11 is 0. The van der Waals surface area contributed by atoms with E-state index in [1.807, 2.05) is 18.5 Å². The van der Waals surface area contributed by atoms with Gasteiger partial charge in [0.2, 0.25) is 0 Å². The van der Waals surface area contributed by atoms with Crippen molar-refractivity contribution in [2.24, 2.45) is 16.1 Å². The lowest BCUT2D eigenvalue weighted by Gasteiger charge is -2.37. The van der Waals surface area contributed by atoms with Gasteiger partial charge in [0.15, 0.2) is 0 Å². The van der Waals surface area contributed by atoms with Gasteiger partial charge in [0.25, 0.3) is 0 Å². The first-order valence-electron chi connectivity index (χ1n) is 14.3. The molecule has 1 saturated heterocycles. The molecule has 0 N–H and O–H groups in total. The topological polar surface area (TPSA) is 74.1 Å². The summed E-state index contributed by atoms with van der Waals surface area (Å²) in [6.07, 6.45) is 12.3. The molecule has 5 rings (SSSR count). The minimum Gasteiger partial charge on any atom is -0.357 e. The van der Waals surface area contributed by atoms with Gasteiger partial charge in [-0.25, -0.2) is 4.98 Å². The molecule has 1 saturated carbocycles. The zero-order valence-corrected chi connectivity index (χ0v) is 23.1. The molecular formula is C31H40N6O. The molecule has 0 unspecified atom stereocenters. The minimum atomic E-state index is 0.410. The Balaban J connectivity index is 1.43. The van der Waals surface area contributed by atoms with Gasteiger partial charge in [0.1, 0.15) is 5.82 Å². The molecule has 7 heteroatoms. The molecule has 200 valence electrons. The summed E-state index contributed by atoms with van der Waals surface area (Å²) in [6.45, 7) is 9.80. The van der Waals surface area contributed by atoms with Gasteiger partial charge in [-0.15, -0.1) is 0 Å². The SMILES string of the molecule is CCCC(=NC1=C(C)C(=C2CCC2)N(c2cccnc2)CC1)c1ccc(N2CCC(CN=O)CC2)nc1C. The first-order chi connectivity index (χ1) is 18.6. The van der Waals surface area contributed by atoms with E-state index in [4.69, 9.17) is 9.98 Å². The smallest absolute Gasteiger partial charge is 0.128 e. The third-order valence-electron chi connectivity index (χ3n) is 8.29. The number of aryl methyl sites for hydroxylation is 1. The Hall–Kier alpha value is -3.35. The molecule has 2 aromatic rings. The van der Waals surface area contributed by atoms with Crippen LogP contribution in [0.15, 0.2) is 69.4 Å². The Morgan fingerprint density at radius 1 is 1.08 bits per heavy atom. The number of pyridine rings is 2. The third kappa shape index (κ3) is 5.57. The van der Waals surface area contributed by atoms with Crippen LogP contribution < -0.4 is 9.80 Å². The van der Waals surface area contributed by atoms with Crippen LogP contribution in [0.25, 0.3) is 0 Å². The van der Waals surface area contributed by atoms with Crippen molar-refractivity contribution in [3.63, 3.8) is 0 Å². The number of hydrogen-bond acceptors (Lipinski definition) is 7. The molecule has 2 aromatic heterocycles. The standard InChI is InChI=1S/C31H40N6O/c1-4-7-29(27-11-12-30(34-23(27)3)36-17-13-24(14-18-36)20-33-38)35-28-15-19-37(26-10-6-16-32-21-26)31(22(28)2)25-8-5-9-25/h6,10-12,16,21,24H,4-5,7-9,13-15,17-20H2,1-3H3. The second-order valence-electron chi connectivity index (χ2n) is 10.8. The summed E-state index contributed by atoms with van der Waals surface area (Å²) in [6, 6.07) is 8.56. The molecule has 38 heavy (non-hydrogen) atoms. The maximum Gasteiger partial charge on any atom is 0.128 e. The molecule has 0 atom stereocenters. The molecule has 0 amide bonds. The molecule has 1 aliphatic carbocycles. The van der Waals surface area contributed by atoms with E-state index in [0.29, 0.717) is 12.5 Å². The fraction of sp³-hybridized carbons (Fsp3) is 0.516. The molecule has 0 radical (unpaired) electrons. The maximum absolute atomic E-state index is 10.6. The van der Waals surface area contributed by atoms with Crippen LogP contribution in [-0.4, -0.2) is 41.9 Å². The van der Waals surface area contributed by atoms with Crippen molar-refractivity contribution >= 4 is 17.2 Å². The number of allylic oxidation sites excluding steroid dienone is 2. The van der Waals surface area contributed by atoms with Gasteiger partial charge in [-0.05, 0) is 93.7 Å². The van der Waals surface area contributed by atoms with Crippen LogP contribution >= 0.6 is 0 Å². The van der Waals surface area contributed by atoms with E-state index in [2.05, 4.69) is 58.9 Å². The summed E-state index contributed by atoms with van der Waals surface area (Å²) in [7, 11) is 0. The van der Waals surface area contributed by atoms with Crippen LogP contribution in [0.3, 0.4) is 0 Å². The summed E-state index contributed by atoms with van der Waals surface area (Å²) in [5, 5.41) is 3.11. The fourth-order valence-corrected chi connectivity index (χ4v) is 5.94. The van der Waals surface area contributed by atoms with E-state index >= 15 is 0 Å². The van der Waals surface area contributed by atoms with Gasteiger partial charge in [0, 0.05) is 60.6 Å².